The first-order valence-electron chi connectivity index (χ1n) is 8.25. The van der Waals surface area contributed by atoms with Gasteiger partial charge in [0.25, 0.3) is 0 Å². The van der Waals surface area contributed by atoms with Crippen molar-refractivity contribution < 1.29 is 23.8 Å². The number of carbonyl (C=O) groups is 2. The van der Waals surface area contributed by atoms with Gasteiger partial charge in [0.2, 0.25) is 5.88 Å². The van der Waals surface area contributed by atoms with Crippen LogP contribution in [0, 0.1) is 0 Å². The molecule has 1 fully saturated rings. The molecule has 0 radical (unpaired) electrons. The number of fused-ring (bicyclic) bond motifs is 3. The third-order valence-electron chi connectivity index (χ3n) is 4.09. The van der Waals surface area contributed by atoms with Gasteiger partial charge in [0.1, 0.15) is 17.9 Å². The fourth-order valence-corrected chi connectivity index (χ4v) is 2.96. The van der Waals surface area contributed by atoms with Crippen molar-refractivity contribution in [2.24, 2.45) is 0 Å². The standard InChI is InChI=1S/C17H23N3O5/c1-17(2,3)25-16(22)19-7-8-20-11(9-19)10-24-14-13(20)6-5-12(18-14)15(21)23-4/h5-6,11H,7-10H2,1-4H3/t11-/m0/s1. The number of esters is 1. The number of methoxy groups -OCH3 is 1. The first-order valence-corrected chi connectivity index (χ1v) is 8.25. The van der Waals surface area contributed by atoms with E-state index in [0.29, 0.717) is 32.1 Å². The van der Waals surface area contributed by atoms with Crippen LogP contribution < -0.4 is 9.64 Å². The molecule has 0 spiro atoms. The SMILES string of the molecule is COC(=O)c1ccc2c(n1)OC[C@@H]1CN(C(=O)OC(C)(C)C)CCN21. The van der Waals surface area contributed by atoms with Gasteiger partial charge in [-0.15, -0.1) is 0 Å². The molecule has 1 amide bonds. The number of anilines is 1. The summed E-state index contributed by atoms with van der Waals surface area (Å²) in [4.78, 5) is 32.0. The number of nitrogens with zero attached hydrogens (tertiary/aromatic N) is 3. The zero-order chi connectivity index (χ0) is 18.2. The largest absolute Gasteiger partial charge is 0.474 e. The van der Waals surface area contributed by atoms with Gasteiger partial charge in [0, 0.05) is 19.6 Å². The van der Waals surface area contributed by atoms with E-state index < -0.39 is 11.6 Å². The fourth-order valence-electron chi connectivity index (χ4n) is 2.96. The summed E-state index contributed by atoms with van der Waals surface area (Å²) in [5.74, 6) is -0.0758. The average Bonchev–Trinajstić information content (AvgIpc) is 2.58. The second-order valence-electron chi connectivity index (χ2n) is 7.10. The quantitative estimate of drug-likeness (QED) is 0.714. The molecule has 136 valence electrons. The number of pyridine rings is 1. The van der Waals surface area contributed by atoms with Crippen molar-refractivity contribution in [3.05, 3.63) is 17.8 Å². The predicted octanol–water partition coefficient (Wildman–Crippen LogP) is 1.69. The Labute approximate surface area is 146 Å². The minimum absolute atomic E-state index is 0.0274. The second kappa shape index (κ2) is 6.42. The van der Waals surface area contributed by atoms with Crippen LogP contribution in [0.1, 0.15) is 31.3 Å². The van der Waals surface area contributed by atoms with Crippen molar-refractivity contribution in [1.29, 1.82) is 0 Å². The fraction of sp³-hybridized carbons (Fsp3) is 0.588. The van der Waals surface area contributed by atoms with E-state index in [-0.39, 0.29) is 17.8 Å². The molecule has 0 aliphatic carbocycles. The first kappa shape index (κ1) is 17.3. The number of ether oxygens (including phenoxy) is 3. The summed E-state index contributed by atoms with van der Waals surface area (Å²) in [6.07, 6.45) is -0.308. The summed E-state index contributed by atoms with van der Waals surface area (Å²) in [6.45, 7) is 7.68. The average molecular weight is 349 g/mol. The van der Waals surface area contributed by atoms with Gasteiger partial charge >= 0.3 is 12.1 Å². The molecule has 25 heavy (non-hydrogen) atoms. The molecule has 0 bridgehead atoms. The zero-order valence-corrected chi connectivity index (χ0v) is 14.9. The molecular weight excluding hydrogens is 326 g/mol. The lowest BCUT2D eigenvalue weighted by atomic mass is 10.1. The number of hydrogen-bond donors (Lipinski definition) is 0. The van der Waals surface area contributed by atoms with Crippen LogP contribution in [-0.2, 0) is 9.47 Å². The molecule has 3 rings (SSSR count). The molecular formula is C17H23N3O5. The topological polar surface area (TPSA) is 81.2 Å². The lowest BCUT2D eigenvalue weighted by Gasteiger charge is -2.45. The van der Waals surface area contributed by atoms with Crippen molar-refractivity contribution in [1.82, 2.24) is 9.88 Å². The van der Waals surface area contributed by atoms with Crippen LogP contribution in [0.2, 0.25) is 0 Å². The third-order valence-corrected chi connectivity index (χ3v) is 4.09. The Morgan fingerprint density at radius 1 is 1.28 bits per heavy atom. The number of amides is 1. The molecule has 2 aliphatic heterocycles. The molecule has 0 aromatic carbocycles. The molecule has 0 N–H and O–H groups in total. The highest BCUT2D eigenvalue weighted by Crippen LogP contribution is 2.34. The van der Waals surface area contributed by atoms with Crippen molar-refractivity contribution in [3.8, 4) is 5.88 Å². The minimum atomic E-state index is -0.516. The Balaban J connectivity index is 1.72. The maximum Gasteiger partial charge on any atom is 0.410 e. The molecule has 8 nitrogen and oxygen atoms in total. The van der Waals surface area contributed by atoms with Crippen LogP contribution in [-0.4, -0.2) is 66.9 Å². The molecule has 0 unspecified atom stereocenters. The monoisotopic (exact) mass is 349 g/mol. The van der Waals surface area contributed by atoms with Crippen LogP contribution in [0.3, 0.4) is 0 Å². The molecule has 1 atom stereocenters. The predicted molar refractivity (Wildman–Crippen MR) is 90.0 cm³/mol. The minimum Gasteiger partial charge on any atom is -0.474 e. The van der Waals surface area contributed by atoms with Crippen molar-refractivity contribution in [2.75, 3.05) is 38.3 Å². The van der Waals surface area contributed by atoms with E-state index in [1.54, 1.807) is 11.0 Å². The van der Waals surface area contributed by atoms with E-state index in [1.807, 2.05) is 26.8 Å². The number of rotatable bonds is 1. The van der Waals surface area contributed by atoms with E-state index in [9.17, 15) is 9.59 Å². The Morgan fingerprint density at radius 2 is 2.04 bits per heavy atom. The maximum absolute atomic E-state index is 12.3. The van der Waals surface area contributed by atoms with E-state index in [0.717, 1.165) is 5.69 Å². The molecule has 3 heterocycles. The van der Waals surface area contributed by atoms with Gasteiger partial charge in [-0.3, -0.25) is 0 Å². The highest BCUT2D eigenvalue weighted by Gasteiger charge is 2.36. The van der Waals surface area contributed by atoms with Crippen molar-refractivity contribution >= 4 is 17.7 Å². The number of piperazine rings is 1. The molecule has 2 aliphatic rings. The Bertz CT molecular complexity index is 685. The van der Waals surface area contributed by atoms with Gasteiger partial charge in [0.05, 0.1) is 13.2 Å². The Morgan fingerprint density at radius 3 is 2.72 bits per heavy atom. The lowest BCUT2D eigenvalue weighted by molar-refractivity contribution is 0.0193. The maximum atomic E-state index is 12.3. The van der Waals surface area contributed by atoms with E-state index in [1.165, 1.54) is 7.11 Å². The van der Waals surface area contributed by atoms with Gasteiger partial charge in [-0.1, -0.05) is 0 Å². The Hall–Kier alpha value is -2.51. The summed E-state index contributed by atoms with van der Waals surface area (Å²) < 4.78 is 15.8. The zero-order valence-electron chi connectivity index (χ0n) is 14.9. The van der Waals surface area contributed by atoms with Gasteiger partial charge in [0.15, 0.2) is 5.69 Å². The second-order valence-corrected chi connectivity index (χ2v) is 7.10. The number of aromatic nitrogens is 1. The summed E-state index contributed by atoms with van der Waals surface area (Å²) >= 11 is 0. The van der Waals surface area contributed by atoms with Crippen molar-refractivity contribution in [3.63, 3.8) is 0 Å². The smallest absolute Gasteiger partial charge is 0.410 e. The van der Waals surface area contributed by atoms with Crippen LogP contribution in [0.5, 0.6) is 5.88 Å². The first-order chi connectivity index (χ1) is 11.8. The highest BCUT2D eigenvalue weighted by molar-refractivity contribution is 5.88. The Kier molecular flexibility index (Phi) is 4.45. The van der Waals surface area contributed by atoms with E-state index >= 15 is 0 Å². The summed E-state index contributed by atoms with van der Waals surface area (Å²) in [5, 5.41) is 0. The van der Waals surface area contributed by atoms with E-state index in [4.69, 9.17) is 9.47 Å². The molecule has 8 heteroatoms. The number of carbonyl (C=O) groups excluding carboxylic acids is 2. The summed E-state index contributed by atoms with van der Waals surface area (Å²) in [7, 11) is 1.32. The summed E-state index contributed by atoms with van der Waals surface area (Å²) in [5.41, 5.74) is 0.526. The van der Waals surface area contributed by atoms with Crippen LogP contribution in [0.4, 0.5) is 10.5 Å². The van der Waals surface area contributed by atoms with Crippen LogP contribution in [0.25, 0.3) is 0 Å². The normalized spacial score (nSPS) is 19.4. The van der Waals surface area contributed by atoms with Gasteiger partial charge in [-0.25, -0.2) is 14.6 Å². The summed E-state index contributed by atoms with van der Waals surface area (Å²) in [6, 6.07) is 3.46. The highest BCUT2D eigenvalue weighted by atomic mass is 16.6. The van der Waals surface area contributed by atoms with Gasteiger partial charge in [-0.05, 0) is 32.9 Å². The van der Waals surface area contributed by atoms with E-state index in [2.05, 4.69) is 14.6 Å². The molecule has 1 aromatic rings. The lowest BCUT2D eigenvalue weighted by Crippen LogP contribution is -2.59. The van der Waals surface area contributed by atoms with Crippen LogP contribution >= 0.6 is 0 Å². The van der Waals surface area contributed by atoms with Gasteiger partial charge in [-0.2, -0.15) is 0 Å². The molecule has 1 saturated heterocycles. The van der Waals surface area contributed by atoms with Gasteiger partial charge < -0.3 is 24.0 Å². The van der Waals surface area contributed by atoms with Crippen molar-refractivity contribution in [2.45, 2.75) is 32.4 Å². The number of hydrogen-bond acceptors (Lipinski definition) is 7. The molecule has 1 aromatic heterocycles. The van der Waals surface area contributed by atoms with Crippen LogP contribution in [0.15, 0.2) is 12.1 Å². The third kappa shape index (κ3) is 3.62. The molecule has 0 saturated carbocycles.